The van der Waals surface area contributed by atoms with Crippen LogP contribution < -0.4 is 10.1 Å². The molecule has 1 N–H and O–H groups in total. The number of anilines is 2. The highest BCUT2D eigenvalue weighted by Crippen LogP contribution is 2.27. The summed E-state index contributed by atoms with van der Waals surface area (Å²) in [5.41, 5.74) is 2.91. The van der Waals surface area contributed by atoms with Gasteiger partial charge in [0.05, 0.1) is 24.0 Å². The van der Waals surface area contributed by atoms with E-state index in [9.17, 15) is 9.18 Å². The van der Waals surface area contributed by atoms with Crippen molar-refractivity contribution in [3.8, 4) is 11.5 Å². The van der Waals surface area contributed by atoms with Crippen molar-refractivity contribution < 1.29 is 13.9 Å². The number of aromatic nitrogens is 6. The van der Waals surface area contributed by atoms with Crippen LogP contribution in [-0.2, 0) is 24.8 Å². The number of pyridine rings is 2. The summed E-state index contributed by atoms with van der Waals surface area (Å²) in [6, 6.07) is 7.21. The Morgan fingerprint density at radius 3 is 2.76 bits per heavy atom. The summed E-state index contributed by atoms with van der Waals surface area (Å²) in [5, 5.41) is 7.67. The van der Waals surface area contributed by atoms with E-state index in [2.05, 4.69) is 25.4 Å². The van der Waals surface area contributed by atoms with Crippen molar-refractivity contribution in [3.05, 3.63) is 48.0 Å². The Labute approximate surface area is 190 Å². The number of hydrogen-bond donors (Lipinski definition) is 1. The van der Waals surface area contributed by atoms with Crippen molar-refractivity contribution >= 4 is 28.7 Å². The second-order valence-corrected chi connectivity index (χ2v) is 8.12. The molecule has 0 unspecified atom stereocenters. The molecule has 10 heteroatoms. The highest BCUT2D eigenvalue weighted by Gasteiger charge is 2.15. The lowest BCUT2D eigenvalue weighted by Crippen LogP contribution is -2.08. The Morgan fingerprint density at radius 1 is 1.21 bits per heavy atom. The number of carbonyl (C=O) groups excluding carboxylic acids is 1. The zero-order valence-electron chi connectivity index (χ0n) is 19.0. The minimum Gasteiger partial charge on any atom is -0.456 e. The third kappa shape index (κ3) is 5.00. The lowest BCUT2D eigenvalue weighted by atomic mass is 10.1. The highest BCUT2D eigenvalue weighted by molar-refractivity contribution is 5.78. The summed E-state index contributed by atoms with van der Waals surface area (Å²) >= 11 is 0. The maximum atomic E-state index is 12.9. The van der Waals surface area contributed by atoms with Gasteiger partial charge in [0.1, 0.15) is 24.0 Å². The van der Waals surface area contributed by atoms with Crippen LogP contribution in [0.25, 0.3) is 11.2 Å². The first-order valence-corrected chi connectivity index (χ1v) is 10.7. The molecule has 0 radical (unpaired) electrons. The van der Waals surface area contributed by atoms with E-state index in [1.165, 1.54) is 6.92 Å². The zero-order chi connectivity index (χ0) is 23.5. The van der Waals surface area contributed by atoms with E-state index < -0.39 is 6.67 Å². The smallest absolute Gasteiger partial charge is 0.210 e. The van der Waals surface area contributed by atoms with Crippen molar-refractivity contribution in [2.24, 2.45) is 7.05 Å². The van der Waals surface area contributed by atoms with E-state index in [0.717, 1.165) is 11.2 Å². The fraction of sp³-hybridized carbons (Fsp3) is 0.348. The van der Waals surface area contributed by atoms with Crippen LogP contribution in [0.2, 0.25) is 0 Å². The molecular weight excluding hydrogens is 425 g/mol. The van der Waals surface area contributed by atoms with Crippen LogP contribution in [0.5, 0.6) is 11.5 Å². The van der Waals surface area contributed by atoms with Gasteiger partial charge in [-0.2, -0.15) is 10.1 Å². The molecule has 0 aliphatic heterocycles. The average Bonchev–Trinajstić information content (AvgIpc) is 3.29. The summed E-state index contributed by atoms with van der Waals surface area (Å²) in [6.07, 6.45) is 3.46. The highest BCUT2D eigenvalue weighted by atomic mass is 19.1. The van der Waals surface area contributed by atoms with Gasteiger partial charge >= 0.3 is 0 Å². The van der Waals surface area contributed by atoms with Crippen molar-refractivity contribution in [2.45, 2.75) is 39.7 Å². The molecule has 172 valence electrons. The second-order valence-electron chi connectivity index (χ2n) is 8.12. The summed E-state index contributed by atoms with van der Waals surface area (Å²) in [7, 11) is 1.86. The zero-order valence-corrected chi connectivity index (χ0v) is 19.0. The van der Waals surface area contributed by atoms with Crippen molar-refractivity contribution in [1.29, 1.82) is 0 Å². The predicted molar refractivity (Wildman–Crippen MR) is 123 cm³/mol. The molecule has 9 nitrogen and oxygen atoms in total. The lowest BCUT2D eigenvalue weighted by Gasteiger charge is -2.07. The first kappa shape index (κ1) is 22.4. The molecule has 0 aromatic carbocycles. The standard InChI is InChI=1S/C23H26FN7O2/c1-14(2)19-12-21(29-31(19)8-6-24)27-23-28-22-20(30(23)4)11-18(13-26-22)33-17-5-7-25-16(10-17)9-15(3)32/h5,7,10-14H,6,8-9H2,1-4H3,(H,26,27,28,29). The number of imidazole rings is 1. The number of fused-ring (bicyclic) bond motifs is 1. The molecule has 4 aromatic heterocycles. The number of nitrogens with zero attached hydrogens (tertiary/aromatic N) is 6. The Balaban J connectivity index is 1.58. The largest absolute Gasteiger partial charge is 0.456 e. The molecule has 0 amide bonds. The van der Waals surface area contributed by atoms with Crippen LogP contribution in [0.1, 0.15) is 38.1 Å². The van der Waals surface area contributed by atoms with Gasteiger partial charge in [0, 0.05) is 43.6 Å². The average molecular weight is 452 g/mol. The molecular formula is C23H26FN7O2. The van der Waals surface area contributed by atoms with Crippen LogP contribution >= 0.6 is 0 Å². The Hall–Kier alpha value is -3.82. The minimum absolute atomic E-state index is 0.0349. The van der Waals surface area contributed by atoms with E-state index in [-0.39, 0.29) is 24.7 Å². The first-order valence-electron chi connectivity index (χ1n) is 10.7. The Kier molecular flexibility index (Phi) is 6.34. The summed E-state index contributed by atoms with van der Waals surface area (Å²) < 4.78 is 22.4. The molecule has 0 bridgehead atoms. The third-order valence-electron chi connectivity index (χ3n) is 5.11. The van der Waals surface area contributed by atoms with Gasteiger partial charge in [0.2, 0.25) is 5.95 Å². The normalized spacial score (nSPS) is 11.3. The molecule has 4 aromatic rings. The fourth-order valence-corrected chi connectivity index (χ4v) is 3.56. The maximum Gasteiger partial charge on any atom is 0.210 e. The predicted octanol–water partition coefficient (Wildman–Crippen LogP) is 4.32. The number of Topliss-reactive ketones (excluding diaryl/α,β-unsaturated/α-hetero) is 1. The number of ketones is 1. The van der Waals surface area contributed by atoms with Crippen LogP contribution in [0, 0.1) is 0 Å². The molecule has 0 saturated heterocycles. The number of rotatable bonds is 9. The van der Waals surface area contributed by atoms with Gasteiger partial charge < -0.3 is 14.6 Å². The van der Waals surface area contributed by atoms with Crippen molar-refractivity contribution in [2.75, 3.05) is 12.0 Å². The van der Waals surface area contributed by atoms with Crippen molar-refractivity contribution in [1.82, 2.24) is 29.3 Å². The number of alkyl halides is 1. The summed E-state index contributed by atoms with van der Waals surface area (Å²) in [4.78, 5) is 24.5. The van der Waals surface area contributed by atoms with Crippen molar-refractivity contribution in [3.63, 3.8) is 0 Å². The number of ether oxygens (including phenoxy) is 1. The number of hydrogen-bond acceptors (Lipinski definition) is 7. The molecule has 0 spiro atoms. The van der Waals surface area contributed by atoms with Crippen LogP contribution in [0.3, 0.4) is 0 Å². The van der Waals surface area contributed by atoms with Gasteiger partial charge in [0.15, 0.2) is 11.5 Å². The van der Waals surface area contributed by atoms with Crippen LogP contribution in [-0.4, -0.2) is 41.8 Å². The fourth-order valence-electron chi connectivity index (χ4n) is 3.56. The summed E-state index contributed by atoms with van der Waals surface area (Å²) in [5.74, 6) is 2.51. The molecule has 33 heavy (non-hydrogen) atoms. The lowest BCUT2D eigenvalue weighted by molar-refractivity contribution is -0.116. The number of nitrogens with one attached hydrogen (secondary N) is 1. The van der Waals surface area contributed by atoms with Gasteiger partial charge in [-0.05, 0) is 18.9 Å². The maximum absolute atomic E-state index is 12.9. The van der Waals surface area contributed by atoms with Crippen LogP contribution in [0.15, 0.2) is 36.7 Å². The van der Waals surface area contributed by atoms with E-state index in [1.54, 1.807) is 29.2 Å². The van der Waals surface area contributed by atoms with Crippen LogP contribution in [0.4, 0.5) is 16.2 Å². The van der Waals surface area contributed by atoms with Gasteiger partial charge in [-0.25, -0.2) is 9.37 Å². The quantitative estimate of drug-likeness (QED) is 0.404. The Bertz CT molecular complexity index is 1300. The first-order chi connectivity index (χ1) is 15.8. The molecule has 4 rings (SSSR count). The number of carbonyl (C=O) groups is 1. The molecule has 0 aliphatic carbocycles. The van der Waals surface area contributed by atoms with Gasteiger partial charge in [-0.15, -0.1) is 0 Å². The van der Waals surface area contributed by atoms with E-state index in [4.69, 9.17) is 4.74 Å². The summed E-state index contributed by atoms with van der Waals surface area (Å²) in [6.45, 7) is 5.34. The SMILES string of the molecule is CC(=O)Cc1cc(Oc2cnc3nc(Nc4cc(C(C)C)n(CCF)n4)n(C)c3c2)ccn1. The van der Waals surface area contributed by atoms with Gasteiger partial charge in [-0.3, -0.25) is 14.5 Å². The second kappa shape index (κ2) is 9.35. The molecule has 4 heterocycles. The number of aryl methyl sites for hydroxylation is 2. The molecule has 0 saturated carbocycles. The van der Waals surface area contributed by atoms with E-state index >= 15 is 0 Å². The number of halogens is 1. The third-order valence-corrected chi connectivity index (χ3v) is 5.11. The van der Waals surface area contributed by atoms with E-state index in [1.807, 2.05) is 37.6 Å². The van der Waals surface area contributed by atoms with Gasteiger partial charge in [-0.1, -0.05) is 13.8 Å². The molecule has 0 fully saturated rings. The Morgan fingerprint density at radius 2 is 2.03 bits per heavy atom. The minimum atomic E-state index is -0.479. The monoisotopic (exact) mass is 451 g/mol. The van der Waals surface area contributed by atoms with Gasteiger partial charge in [0.25, 0.3) is 0 Å². The van der Waals surface area contributed by atoms with E-state index in [0.29, 0.717) is 34.6 Å². The molecule has 0 atom stereocenters. The topological polar surface area (TPSA) is 99.7 Å². The molecule has 0 aliphatic rings.